The Bertz CT molecular complexity index is 740. The Morgan fingerprint density at radius 2 is 2.12 bits per heavy atom. The van der Waals surface area contributed by atoms with Gasteiger partial charge < -0.3 is 15.7 Å². The monoisotopic (exact) mass is 328 g/mol. The van der Waals surface area contributed by atoms with Crippen molar-refractivity contribution in [3.8, 4) is 5.69 Å². The van der Waals surface area contributed by atoms with Crippen LogP contribution in [0.15, 0.2) is 30.3 Å². The van der Waals surface area contributed by atoms with Crippen LogP contribution in [0.2, 0.25) is 0 Å². The fourth-order valence-electron chi connectivity index (χ4n) is 3.38. The van der Waals surface area contributed by atoms with E-state index in [1.54, 1.807) is 4.90 Å². The normalized spacial score (nSPS) is 20.6. The van der Waals surface area contributed by atoms with Crippen LogP contribution in [0.3, 0.4) is 0 Å². The molecule has 0 unspecified atom stereocenters. The highest BCUT2D eigenvalue weighted by Crippen LogP contribution is 2.22. The van der Waals surface area contributed by atoms with E-state index in [4.69, 9.17) is 10.8 Å². The third-order valence-electron chi connectivity index (χ3n) is 4.63. The minimum Gasteiger partial charge on any atom is -0.396 e. The molecule has 1 aliphatic heterocycles. The topological polar surface area (TPSA) is 84.4 Å². The van der Waals surface area contributed by atoms with Crippen molar-refractivity contribution in [2.45, 2.75) is 26.3 Å². The summed E-state index contributed by atoms with van der Waals surface area (Å²) in [5.74, 6) is 0.146. The number of benzene rings is 1. The van der Waals surface area contributed by atoms with Gasteiger partial charge in [0, 0.05) is 37.0 Å². The molecule has 3 N–H and O–H groups in total. The van der Waals surface area contributed by atoms with Crippen molar-refractivity contribution in [3.05, 3.63) is 47.3 Å². The molecular weight excluding hydrogens is 304 g/mol. The Balaban J connectivity index is 1.82. The molecule has 1 fully saturated rings. The summed E-state index contributed by atoms with van der Waals surface area (Å²) in [5.41, 5.74) is 9.59. The number of aryl methyl sites for hydroxylation is 2. The Morgan fingerprint density at radius 1 is 1.33 bits per heavy atom. The maximum absolute atomic E-state index is 12.8. The zero-order valence-electron chi connectivity index (χ0n) is 14.1. The fraction of sp³-hybridized carbons (Fsp3) is 0.444. The maximum Gasteiger partial charge on any atom is 0.253 e. The Kier molecular flexibility index (Phi) is 4.69. The van der Waals surface area contributed by atoms with Gasteiger partial charge in [-0.05, 0) is 50.5 Å². The summed E-state index contributed by atoms with van der Waals surface area (Å²) in [6.07, 6.45) is 0.636. The number of hydrogen-bond acceptors (Lipinski definition) is 4. The van der Waals surface area contributed by atoms with Crippen molar-refractivity contribution in [2.24, 2.45) is 11.7 Å². The Morgan fingerprint density at radius 3 is 2.79 bits per heavy atom. The lowest BCUT2D eigenvalue weighted by Gasteiger charge is -2.17. The number of carbonyl (C=O) groups excluding carboxylic acids is 1. The largest absolute Gasteiger partial charge is 0.396 e. The minimum absolute atomic E-state index is 0.0192. The van der Waals surface area contributed by atoms with Crippen LogP contribution < -0.4 is 5.73 Å². The number of nitrogens with zero attached hydrogens (tertiary/aromatic N) is 3. The van der Waals surface area contributed by atoms with E-state index in [9.17, 15) is 4.79 Å². The number of aliphatic hydroxyl groups excluding tert-OH is 1. The third kappa shape index (κ3) is 3.20. The summed E-state index contributed by atoms with van der Waals surface area (Å²) < 4.78 is 1.84. The zero-order chi connectivity index (χ0) is 17.3. The number of rotatable bonds is 4. The molecule has 1 aromatic carbocycles. The van der Waals surface area contributed by atoms with Crippen molar-refractivity contribution in [1.82, 2.24) is 14.7 Å². The summed E-state index contributed by atoms with van der Waals surface area (Å²) in [4.78, 5) is 14.6. The number of amides is 1. The molecule has 1 amide bonds. The molecular formula is C18H24N4O2. The van der Waals surface area contributed by atoms with Gasteiger partial charge in [0.2, 0.25) is 0 Å². The van der Waals surface area contributed by atoms with Gasteiger partial charge in [-0.1, -0.05) is 6.07 Å². The van der Waals surface area contributed by atoms with Crippen LogP contribution in [0, 0.1) is 19.8 Å². The second kappa shape index (κ2) is 6.75. The molecule has 0 aliphatic carbocycles. The zero-order valence-corrected chi connectivity index (χ0v) is 14.1. The molecule has 2 heterocycles. The number of carbonyl (C=O) groups is 1. The van der Waals surface area contributed by atoms with Crippen molar-refractivity contribution in [1.29, 1.82) is 0 Å². The first kappa shape index (κ1) is 16.7. The standard InChI is InChI=1S/C18H24N4O2/c1-12-8-13(2)22(20-12)16-5-3-4-14(9-16)18(24)21-10-15(6-7-23)17(19)11-21/h3-5,8-9,15,17,23H,6-7,10-11,19H2,1-2H3/t15-,17-/m0/s1. The summed E-state index contributed by atoms with van der Waals surface area (Å²) in [7, 11) is 0. The first-order valence-corrected chi connectivity index (χ1v) is 8.29. The van der Waals surface area contributed by atoms with Gasteiger partial charge in [-0.25, -0.2) is 4.68 Å². The Hall–Kier alpha value is -2.18. The average Bonchev–Trinajstić information content (AvgIpc) is 3.09. The molecule has 1 aromatic heterocycles. The number of hydrogen-bond donors (Lipinski definition) is 2. The van der Waals surface area contributed by atoms with Gasteiger partial charge in [0.1, 0.15) is 0 Å². The summed E-state index contributed by atoms with van der Waals surface area (Å²) in [6.45, 7) is 5.19. The van der Waals surface area contributed by atoms with E-state index < -0.39 is 0 Å². The summed E-state index contributed by atoms with van der Waals surface area (Å²) in [5, 5.41) is 13.6. The van der Waals surface area contributed by atoms with Gasteiger partial charge in [0.05, 0.1) is 11.4 Å². The van der Waals surface area contributed by atoms with E-state index in [1.165, 1.54) is 0 Å². The van der Waals surface area contributed by atoms with Crippen molar-refractivity contribution in [3.63, 3.8) is 0 Å². The molecule has 2 aromatic rings. The molecule has 3 rings (SSSR count). The van der Waals surface area contributed by atoms with Crippen LogP contribution in [-0.2, 0) is 0 Å². The molecule has 0 radical (unpaired) electrons. The van der Waals surface area contributed by atoms with E-state index >= 15 is 0 Å². The first-order valence-electron chi connectivity index (χ1n) is 8.29. The van der Waals surface area contributed by atoms with E-state index in [0.717, 1.165) is 17.1 Å². The Labute approximate surface area is 141 Å². The van der Waals surface area contributed by atoms with E-state index in [0.29, 0.717) is 25.1 Å². The van der Waals surface area contributed by atoms with Crippen LogP contribution in [0.4, 0.5) is 0 Å². The molecule has 6 heteroatoms. The second-order valence-corrected chi connectivity index (χ2v) is 6.54. The molecule has 1 aliphatic rings. The highest BCUT2D eigenvalue weighted by Gasteiger charge is 2.32. The third-order valence-corrected chi connectivity index (χ3v) is 4.63. The van der Waals surface area contributed by atoms with Crippen molar-refractivity contribution >= 4 is 5.91 Å². The molecule has 0 spiro atoms. The quantitative estimate of drug-likeness (QED) is 0.885. The summed E-state index contributed by atoms with van der Waals surface area (Å²) in [6, 6.07) is 9.45. The van der Waals surface area contributed by atoms with Gasteiger partial charge in [0.15, 0.2) is 0 Å². The van der Waals surface area contributed by atoms with Crippen molar-refractivity contribution in [2.75, 3.05) is 19.7 Å². The van der Waals surface area contributed by atoms with E-state index in [2.05, 4.69) is 5.10 Å². The molecule has 1 saturated heterocycles. The molecule has 0 bridgehead atoms. The molecule has 128 valence electrons. The van der Waals surface area contributed by atoms with Crippen molar-refractivity contribution < 1.29 is 9.90 Å². The number of aliphatic hydroxyl groups is 1. The fourth-order valence-corrected chi connectivity index (χ4v) is 3.38. The van der Waals surface area contributed by atoms with Crippen LogP contribution in [-0.4, -0.2) is 51.4 Å². The smallest absolute Gasteiger partial charge is 0.253 e. The number of likely N-dealkylation sites (tertiary alicyclic amines) is 1. The molecule has 0 saturated carbocycles. The number of nitrogens with two attached hydrogens (primary N) is 1. The van der Waals surface area contributed by atoms with E-state index in [1.807, 2.05) is 48.9 Å². The van der Waals surface area contributed by atoms with Gasteiger partial charge in [-0.3, -0.25) is 4.79 Å². The van der Waals surface area contributed by atoms with Gasteiger partial charge >= 0.3 is 0 Å². The summed E-state index contributed by atoms with van der Waals surface area (Å²) >= 11 is 0. The van der Waals surface area contributed by atoms with Crippen LogP contribution in [0.5, 0.6) is 0 Å². The highest BCUT2D eigenvalue weighted by molar-refractivity contribution is 5.95. The minimum atomic E-state index is -0.0692. The highest BCUT2D eigenvalue weighted by atomic mass is 16.3. The lowest BCUT2D eigenvalue weighted by atomic mass is 10.0. The lowest BCUT2D eigenvalue weighted by molar-refractivity contribution is 0.0784. The second-order valence-electron chi connectivity index (χ2n) is 6.54. The maximum atomic E-state index is 12.8. The van der Waals surface area contributed by atoms with Crippen LogP contribution in [0.25, 0.3) is 5.69 Å². The van der Waals surface area contributed by atoms with Gasteiger partial charge in [-0.2, -0.15) is 5.10 Å². The predicted molar refractivity (Wildman–Crippen MR) is 92.1 cm³/mol. The molecule has 24 heavy (non-hydrogen) atoms. The van der Waals surface area contributed by atoms with Crippen LogP contribution >= 0.6 is 0 Å². The van der Waals surface area contributed by atoms with Gasteiger partial charge in [-0.15, -0.1) is 0 Å². The van der Waals surface area contributed by atoms with Crippen LogP contribution in [0.1, 0.15) is 28.2 Å². The lowest BCUT2D eigenvalue weighted by Crippen LogP contribution is -2.32. The van der Waals surface area contributed by atoms with E-state index in [-0.39, 0.29) is 24.5 Å². The SMILES string of the molecule is Cc1cc(C)n(-c2cccc(C(=O)N3C[C@H](CCO)[C@@H](N)C3)c2)n1. The molecule has 6 nitrogen and oxygen atoms in total. The first-order chi connectivity index (χ1) is 11.5. The molecule has 2 atom stereocenters. The predicted octanol–water partition coefficient (Wildman–Crippen LogP) is 1.27. The number of aromatic nitrogens is 2. The van der Waals surface area contributed by atoms with Gasteiger partial charge in [0.25, 0.3) is 5.91 Å². The average molecular weight is 328 g/mol.